The van der Waals surface area contributed by atoms with Gasteiger partial charge in [-0.15, -0.1) is 12.4 Å². The topological polar surface area (TPSA) is 15.3 Å². The van der Waals surface area contributed by atoms with Gasteiger partial charge in [0.15, 0.2) is 0 Å². The van der Waals surface area contributed by atoms with E-state index in [2.05, 4.69) is 17.3 Å². The number of nitrogens with zero attached hydrogens (tertiary/aromatic N) is 1. The fraction of sp³-hybridized carbons (Fsp3) is 0.538. The monoisotopic (exact) mass is 258 g/mol. The first-order valence-electron chi connectivity index (χ1n) is 5.91. The predicted octanol–water partition coefficient (Wildman–Crippen LogP) is 2.43. The van der Waals surface area contributed by atoms with E-state index in [4.69, 9.17) is 0 Å². The summed E-state index contributed by atoms with van der Waals surface area (Å²) in [6, 6.07) is 7.51. The Morgan fingerprint density at radius 2 is 2.06 bits per heavy atom. The second kappa shape index (κ2) is 6.94. The lowest BCUT2D eigenvalue weighted by Crippen LogP contribution is -2.40. The van der Waals surface area contributed by atoms with Gasteiger partial charge in [-0.2, -0.15) is 0 Å². The molecule has 0 radical (unpaired) electrons. The van der Waals surface area contributed by atoms with Gasteiger partial charge in [0.25, 0.3) is 0 Å². The maximum atomic E-state index is 13.0. The molecule has 96 valence electrons. The average molecular weight is 259 g/mol. The maximum Gasteiger partial charge on any atom is 0.123 e. The lowest BCUT2D eigenvalue weighted by molar-refractivity contribution is 0.191. The van der Waals surface area contributed by atoms with E-state index in [-0.39, 0.29) is 18.2 Å². The Hall–Kier alpha value is -0.640. The van der Waals surface area contributed by atoms with E-state index >= 15 is 0 Å². The largest absolute Gasteiger partial charge is 0.317 e. The van der Waals surface area contributed by atoms with E-state index in [1.807, 2.05) is 6.07 Å². The van der Waals surface area contributed by atoms with Crippen LogP contribution in [-0.2, 0) is 6.54 Å². The summed E-state index contributed by atoms with van der Waals surface area (Å²) in [5.41, 5.74) is 1.06. The zero-order chi connectivity index (χ0) is 11.4. The summed E-state index contributed by atoms with van der Waals surface area (Å²) in [6.45, 7) is 3.03. The van der Waals surface area contributed by atoms with Gasteiger partial charge in [-0.3, -0.25) is 4.90 Å². The second-order valence-electron chi connectivity index (χ2n) is 4.53. The highest BCUT2D eigenvalue weighted by atomic mass is 35.5. The molecule has 1 saturated heterocycles. The minimum atomic E-state index is -0.142. The maximum absolute atomic E-state index is 13.0. The Morgan fingerprint density at radius 1 is 1.35 bits per heavy atom. The van der Waals surface area contributed by atoms with Crippen molar-refractivity contribution in [3.63, 3.8) is 0 Å². The van der Waals surface area contributed by atoms with Crippen LogP contribution < -0.4 is 5.32 Å². The molecule has 2 rings (SSSR count). The molecule has 0 atom stereocenters. The van der Waals surface area contributed by atoms with Crippen LogP contribution in [0.15, 0.2) is 24.3 Å². The zero-order valence-corrected chi connectivity index (χ0v) is 11.0. The molecule has 2 nitrogen and oxygen atoms in total. The molecule has 1 fully saturated rings. The highest BCUT2D eigenvalue weighted by molar-refractivity contribution is 5.85. The van der Waals surface area contributed by atoms with Crippen molar-refractivity contribution in [3.05, 3.63) is 35.6 Å². The first-order chi connectivity index (χ1) is 7.75. The van der Waals surface area contributed by atoms with Crippen LogP contribution in [0.2, 0.25) is 0 Å². The SMILES string of the molecule is CN(Cc1cccc(F)c1)C1CCNCC1.Cl. The number of benzene rings is 1. The molecular formula is C13H20ClFN2. The molecule has 0 unspecified atom stereocenters. The van der Waals surface area contributed by atoms with Crippen molar-refractivity contribution >= 4 is 12.4 Å². The van der Waals surface area contributed by atoms with Gasteiger partial charge >= 0.3 is 0 Å². The fourth-order valence-electron chi connectivity index (χ4n) is 2.30. The van der Waals surface area contributed by atoms with Crippen LogP contribution in [0, 0.1) is 5.82 Å². The lowest BCUT2D eigenvalue weighted by atomic mass is 10.0. The molecule has 4 heteroatoms. The van der Waals surface area contributed by atoms with Gasteiger partial charge in [0, 0.05) is 12.6 Å². The highest BCUT2D eigenvalue weighted by Gasteiger charge is 2.17. The van der Waals surface area contributed by atoms with Crippen LogP contribution in [0.25, 0.3) is 0 Å². The molecule has 17 heavy (non-hydrogen) atoms. The van der Waals surface area contributed by atoms with Crippen molar-refractivity contribution in [2.24, 2.45) is 0 Å². The lowest BCUT2D eigenvalue weighted by Gasteiger charge is -2.31. The van der Waals surface area contributed by atoms with E-state index in [9.17, 15) is 4.39 Å². The Balaban J connectivity index is 0.00000144. The molecule has 1 aliphatic rings. The van der Waals surface area contributed by atoms with Crippen LogP contribution >= 0.6 is 12.4 Å². The number of nitrogens with one attached hydrogen (secondary N) is 1. The molecule has 1 N–H and O–H groups in total. The molecule has 1 aliphatic heterocycles. The van der Waals surface area contributed by atoms with Gasteiger partial charge in [0.2, 0.25) is 0 Å². The van der Waals surface area contributed by atoms with Crippen LogP contribution in [-0.4, -0.2) is 31.1 Å². The Kier molecular flexibility index (Phi) is 5.89. The van der Waals surface area contributed by atoms with Gasteiger partial charge in [-0.25, -0.2) is 4.39 Å². The summed E-state index contributed by atoms with van der Waals surface area (Å²) in [6.07, 6.45) is 2.37. The predicted molar refractivity (Wildman–Crippen MR) is 71.0 cm³/mol. The van der Waals surface area contributed by atoms with Gasteiger partial charge < -0.3 is 5.32 Å². The molecule has 1 heterocycles. The summed E-state index contributed by atoms with van der Waals surface area (Å²) in [5.74, 6) is -0.142. The number of rotatable bonds is 3. The van der Waals surface area contributed by atoms with Gasteiger partial charge in [0.1, 0.15) is 5.82 Å². The minimum Gasteiger partial charge on any atom is -0.317 e. The van der Waals surface area contributed by atoms with Crippen molar-refractivity contribution in [1.29, 1.82) is 0 Å². The molecule has 0 saturated carbocycles. The quantitative estimate of drug-likeness (QED) is 0.896. The first-order valence-corrected chi connectivity index (χ1v) is 5.91. The van der Waals surface area contributed by atoms with Crippen LogP contribution in [0.1, 0.15) is 18.4 Å². The standard InChI is InChI=1S/C13H19FN2.ClH/c1-16(13-5-7-15-8-6-13)10-11-3-2-4-12(14)9-11;/h2-4,9,13,15H,5-8,10H2,1H3;1H. The smallest absolute Gasteiger partial charge is 0.123 e. The highest BCUT2D eigenvalue weighted by Crippen LogP contribution is 2.14. The Morgan fingerprint density at radius 3 is 2.71 bits per heavy atom. The summed E-state index contributed by atoms with van der Waals surface area (Å²) >= 11 is 0. The molecule has 0 bridgehead atoms. The van der Waals surface area contributed by atoms with Crippen molar-refractivity contribution in [1.82, 2.24) is 10.2 Å². The van der Waals surface area contributed by atoms with Gasteiger partial charge in [-0.05, 0) is 50.7 Å². The molecule has 1 aromatic rings. The molecule has 0 spiro atoms. The summed E-state index contributed by atoms with van der Waals surface area (Å²) in [4.78, 5) is 2.33. The third-order valence-corrected chi connectivity index (χ3v) is 3.25. The van der Waals surface area contributed by atoms with Crippen molar-refractivity contribution in [3.8, 4) is 0 Å². The van der Waals surface area contributed by atoms with Crippen molar-refractivity contribution in [2.45, 2.75) is 25.4 Å². The van der Waals surface area contributed by atoms with Crippen LogP contribution in [0.4, 0.5) is 4.39 Å². The third kappa shape index (κ3) is 4.26. The van der Waals surface area contributed by atoms with E-state index in [0.717, 1.165) is 25.2 Å². The van der Waals surface area contributed by atoms with Crippen molar-refractivity contribution in [2.75, 3.05) is 20.1 Å². The van der Waals surface area contributed by atoms with Crippen LogP contribution in [0.5, 0.6) is 0 Å². The van der Waals surface area contributed by atoms with Gasteiger partial charge in [0.05, 0.1) is 0 Å². The summed E-state index contributed by atoms with van der Waals surface area (Å²) < 4.78 is 13.0. The first kappa shape index (κ1) is 14.4. The third-order valence-electron chi connectivity index (χ3n) is 3.25. The normalized spacial score (nSPS) is 16.9. The Labute approximate surface area is 109 Å². The summed E-state index contributed by atoms with van der Waals surface area (Å²) in [5, 5.41) is 3.36. The fourth-order valence-corrected chi connectivity index (χ4v) is 2.30. The number of hydrogen-bond acceptors (Lipinski definition) is 2. The average Bonchev–Trinajstić information content (AvgIpc) is 2.30. The molecule has 0 amide bonds. The second-order valence-corrected chi connectivity index (χ2v) is 4.53. The number of halogens is 2. The zero-order valence-electron chi connectivity index (χ0n) is 10.2. The molecule has 0 aromatic heterocycles. The molecule has 0 aliphatic carbocycles. The Bertz CT molecular complexity index is 340. The van der Waals surface area contributed by atoms with Crippen LogP contribution in [0.3, 0.4) is 0 Å². The van der Waals surface area contributed by atoms with E-state index < -0.39 is 0 Å². The minimum absolute atomic E-state index is 0. The number of piperidine rings is 1. The van der Waals surface area contributed by atoms with Crippen molar-refractivity contribution < 1.29 is 4.39 Å². The summed E-state index contributed by atoms with van der Waals surface area (Å²) in [7, 11) is 2.13. The van der Waals surface area contributed by atoms with E-state index in [1.54, 1.807) is 12.1 Å². The number of hydrogen-bond donors (Lipinski definition) is 1. The van der Waals surface area contributed by atoms with Gasteiger partial charge in [-0.1, -0.05) is 12.1 Å². The van der Waals surface area contributed by atoms with E-state index in [1.165, 1.54) is 18.9 Å². The van der Waals surface area contributed by atoms with E-state index in [0.29, 0.717) is 6.04 Å². The molecule has 1 aromatic carbocycles. The molecular weight excluding hydrogens is 239 g/mol.